The van der Waals surface area contributed by atoms with E-state index >= 15 is 0 Å². The van der Waals surface area contributed by atoms with Crippen molar-refractivity contribution >= 4 is 0 Å². The van der Waals surface area contributed by atoms with E-state index in [9.17, 15) is 17.6 Å². The van der Waals surface area contributed by atoms with Crippen molar-refractivity contribution in [2.24, 2.45) is 0 Å². The summed E-state index contributed by atoms with van der Waals surface area (Å²) in [6.45, 7) is 1.46. The van der Waals surface area contributed by atoms with E-state index in [1.165, 1.54) is 25.1 Å². The molecule has 90 valence electrons. The first kappa shape index (κ1) is 11.6. The summed E-state index contributed by atoms with van der Waals surface area (Å²) in [5.74, 6) is -1.59. The molecule has 2 aromatic rings. The summed E-state index contributed by atoms with van der Waals surface area (Å²) in [5.41, 5.74) is 0.675. The van der Waals surface area contributed by atoms with Gasteiger partial charge >= 0.3 is 6.18 Å². The SMILES string of the molecule is Cc1[nH]c(C(F)(F)F)nc1-c1cccc(F)c1. The van der Waals surface area contributed by atoms with Crippen LogP contribution in [-0.2, 0) is 6.18 Å². The highest BCUT2D eigenvalue weighted by molar-refractivity contribution is 5.61. The first-order valence-electron chi connectivity index (χ1n) is 4.77. The molecule has 1 heterocycles. The van der Waals surface area contributed by atoms with Gasteiger partial charge in [0, 0.05) is 11.3 Å². The van der Waals surface area contributed by atoms with Crippen LogP contribution in [0.5, 0.6) is 0 Å². The lowest BCUT2D eigenvalue weighted by atomic mass is 10.1. The van der Waals surface area contributed by atoms with E-state index < -0.39 is 17.8 Å². The lowest BCUT2D eigenvalue weighted by Gasteiger charge is -2.00. The van der Waals surface area contributed by atoms with Gasteiger partial charge in [-0.15, -0.1) is 0 Å². The van der Waals surface area contributed by atoms with Gasteiger partial charge in [0.1, 0.15) is 5.82 Å². The van der Waals surface area contributed by atoms with Crippen LogP contribution in [0.2, 0.25) is 0 Å². The second kappa shape index (κ2) is 3.87. The molecule has 0 aliphatic rings. The summed E-state index contributed by atoms with van der Waals surface area (Å²) in [7, 11) is 0. The van der Waals surface area contributed by atoms with Gasteiger partial charge < -0.3 is 4.98 Å². The van der Waals surface area contributed by atoms with E-state index in [2.05, 4.69) is 9.97 Å². The third-order valence-corrected chi connectivity index (χ3v) is 2.25. The Hall–Kier alpha value is -1.85. The van der Waals surface area contributed by atoms with Crippen LogP contribution in [0.15, 0.2) is 24.3 Å². The third-order valence-electron chi connectivity index (χ3n) is 2.25. The molecule has 0 bridgehead atoms. The van der Waals surface area contributed by atoms with Gasteiger partial charge in [-0.05, 0) is 19.1 Å². The van der Waals surface area contributed by atoms with E-state index in [1.54, 1.807) is 0 Å². The summed E-state index contributed by atoms with van der Waals surface area (Å²) in [6.07, 6.45) is -4.53. The highest BCUT2D eigenvalue weighted by atomic mass is 19.4. The van der Waals surface area contributed by atoms with Crippen molar-refractivity contribution in [3.05, 3.63) is 41.6 Å². The van der Waals surface area contributed by atoms with Crippen LogP contribution in [0, 0.1) is 12.7 Å². The van der Waals surface area contributed by atoms with Crippen LogP contribution >= 0.6 is 0 Å². The van der Waals surface area contributed by atoms with E-state index in [0.29, 0.717) is 5.56 Å². The molecule has 1 N–H and O–H groups in total. The number of rotatable bonds is 1. The monoisotopic (exact) mass is 244 g/mol. The lowest BCUT2D eigenvalue weighted by molar-refractivity contribution is -0.144. The molecule has 0 atom stereocenters. The first-order chi connectivity index (χ1) is 7.88. The zero-order valence-electron chi connectivity index (χ0n) is 8.77. The number of aromatic amines is 1. The van der Waals surface area contributed by atoms with Gasteiger partial charge in [0.2, 0.25) is 5.82 Å². The zero-order valence-corrected chi connectivity index (χ0v) is 8.77. The largest absolute Gasteiger partial charge is 0.449 e. The Morgan fingerprint density at radius 1 is 1.24 bits per heavy atom. The second-order valence-electron chi connectivity index (χ2n) is 3.57. The number of nitrogens with one attached hydrogen (secondary N) is 1. The number of hydrogen-bond acceptors (Lipinski definition) is 1. The predicted octanol–water partition coefficient (Wildman–Crippen LogP) is 3.54. The van der Waals surface area contributed by atoms with Gasteiger partial charge in [-0.1, -0.05) is 12.1 Å². The average Bonchev–Trinajstić information content (AvgIpc) is 2.60. The van der Waals surface area contributed by atoms with Crippen molar-refractivity contribution in [3.63, 3.8) is 0 Å². The summed E-state index contributed by atoms with van der Waals surface area (Å²) >= 11 is 0. The molecule has 2 rings (SSSR count). The minimum atomic E-state index is -4.53. The number of aromatic nitrogens is 2. The Labute approximate surface area is 94.3 Å². The van der Waals surface area contributed by atoms with Gasteiger partial charge in [-0.3, -0.25) is 0 Å². The third kappa shape index (κ3) is 2.30. The van der Waals surface area contributed by atoms with E-state index in [0.717, 1.165) is 6.07 Å². The molecule has 0 aliphatic carbocycles. The maximum Gasteiger partial charge on any atom is 0.449 e. The summed E-state index contributed by atoms with van der Waals surface area (Å²) in [4.78, 5) is 5.59. The van der Waals surface area contributed by atoms with Crippen molar-refractivity contribution in [3.8, 4) is 11.3 Å². The summed E-state index contributed by atoms with van der Waals surface area (Å²) in [6, 6.07) is 5.29. The summed E-state index contributed by atoms with van der Waals surface area (Å²) in [5, 5.41) is 0. The van der Waals surface area contributed by atoms with Gasteiger partial charge in [0.15, 0.2) is 0 Å². The fourth-order valence-corrected chi connectivity index (χ4v) is 1.51. The van der Waals surface area contributed by atoms with Crippen LogP contribution in [0.3, 0.4) is 0 Å². The highest BCUT2D eigenvalue weighted by Gasteiger charge is 2.35. The van der Waals surface area contributed by atoms with Crippen molar-refractivity contribution < 1.29 is 17.6 Å². The molecule has 0 saturated heterocycles. The molecule has 2 nitrogen and oxygen atoms in total. The molecular weight excluding hydrogens is 236 g/mol. The maximum absolute atomic E-state index is 13.0. The molecule has 0 spiro atoms. The Kier molecular flexibility index (Phi) is 2.65. The minimum absolute atomic E-state index is 0.108. The topological polar surface area (TPSA) is 28.7 Å². The molecule has 6 heteroatoms. The van der Waals surface area contributed by atoms with Gasteiger partial charge in [-0.2, -0.15) is 13.2 Å². The number of benzene rings is 1. The molecule has 0 aliphatic heterocycles. The Balaban J connectivity index is 2.50. The van der Waals surface area contributed by atoms with Crippen molar-refractivity contribution in [1.82, 2.24) is 9.97 Å². The van der Waals surface area contributed by atoms with Gasteiger partial charge in [0.05, 0.1) is 5.69 Å². The predicted molar refractivity (Wildman–Crippen MR) is 53.7 cm³/mol. The van der Waals surface area contributed by atoms with E-state index in [1.807, 2.05) is 0 Å². The standard InChI is InChI=1S/C11H8F4N2/c1-6-9(7-3-2-4-8(12)5-7)17-10(16-6)11(13,14)15/h2-5H,1H3,(H,16,17). The van der Waals surface area contributed by atoms with Crippen LogP contribution in [-0.4, -0.2) is 9.97 Å². The Morgan fingerprint density at radius 3 is 2.47 bits per heavy atom. The molecular formula is C11H8F4N2. The average molecular weight is 244 g/mol. The smallest absolute Gasteiger partial charge is 0.338 e. The number of halogens is 4. The maximum atomic E-state index is 13.0. The minimum Gasteiger partial charge on any atom is -0.338 e. The fourth-order valence-electron chi connectivity index (χ4n) is 1.51. The Morgan fingerprint density at radius 2 is 1.94 bits per heavy atom. The summed E-state index contributed by atoms with van der Waals surface area (Å²) < 4.78 is 50.2. The van der Waals surface area contributed by atoms with E-state index in [-0.39, 0.29) is 11.4 Å². The molecule has 1 aromatic carbocycles. The molecule has 1 aromatic heterocycles. The molecule has 0 unspecified atom stereocenters. The van der Waals surface area contributed by atoms with Gasteiger partial charge in [-0.25, -0.2) is 9.37 Å². The normalized spacial score (nSPS) is 11.8. The quantitative estimate of drug-likeness (QED) is 0.763. The van der Waals surface area contributed by atoms with Crippen molar-refractivity contribution in [2.75, 3.05) is 0 Å². The first-order valence-corrected chi connectivity index (χ1v) is 4.77. The lowest BCUT2D eigenvalue weighted by Crippen LogP contribution is -2.07. The number of aryl methyl sites for hydroxylation is 1. The van der Waals surface area contributed by atoms with Crippen LogP contribution in [0.4, 0.5) is 17.6 Å². The Bertz CT molecular complexity index is 543. The number of alkyl halides is 3. The number of imidazole rings is 1. The van der Waals surface area contributed by atoms with Crippen LogP contribution in [0.25, 0.3) is 11.3 Å². The van der Waals surface area contributed by atoms with Gasteiger partial charge in [0.25, 0.3) is 0 Å². The number of hydrogen-bond donors (Lipinski definition) is 1. The van der Waals surface area contributed by atoms with Crippen LogP contribution in [0.1, 0.15) is 11.5 Å². The fraction of sp³-hybridized carbons (Fsp3) is 0.182. The van der Waals surface area contributed by atoms with E-state index in [4.69, 9.17) is 0 Å². The van der Waals surface area contributed by atoms with Crippen molar-refractivity contribution in [2.45, 2.75) is 13.1 Å². The van der Waals surface area contributed by atoms with Crippen LogP contribution < -0.4 is 0 Å². The highest BCUT2D eigenvalue weighted by Crippen LogP contribution is 2.30. The van der Waals surface area contributed by atoms with Crippen molar-refractivity contribution in [1.29, 1.82) is 0 Å². The molecule has 0 radical (unpaired) electrons. The number of H-pyrrole nitrogens is 1. The molecule has 0 amide bonds. The second-order valence-corrected chi connectivity index (χ2v) is 3.57. The number of nitrogens with zero attached hydrogens (tertiary/aromatic N) is 1. The molecule has 0 fully saturated rings. The molecule has 0 saturated carbocycles. The molecule has 17 heavy (non-hydrogen) atoms. The zero-order chi connectivity index (χ0) is 12.6.